The summed E-state index contributed by atoms with van der Waals surface area (Å²) in [6.07, 6.45) is 1.74. The molecule has 5 nitrogen and oxygen atoms in total. The van der Waals surface area contributed by atoms with Crippen LogP contribution in [0.4, 0.5) is 0 Å². The molecule has 0 saturated carbocycles. The van der Waals surface area contributed by atoms with Gasteiger partial charge in [-0.15, -0.1) is 6.58 Å². The third kappa shape index (κ3) is 11.5. The number of hydrogen-bond donors (Lipinski definition) is 2. The molecule has 0 aliphatic heterocycles. The summed E-state index contributed by atoms with van der Waals surface area (Å²) >= 11 is 0. The number of rotatable bonds is 11. The molecule has 6 heteroatoms. The van der Waals surface area contributed by atoms with Crippen LogP contribution in [0.2, 0.25) is 0 Å². The van der Waals surface area contributed by atoms with Crippen LogP contribution < -0.4 is 0 Å². The minimum atomic E-state index is -2.24. The molecule has 0 saturated heterocycles. The Morgan fingerprint density at radius 1 is 1.11 bits per heavy atom. The van der Waals surface area contributed by atoms with Gasteiger partial charge in [0.2, 0.25) is 0 Å². The zero-order valence-corrected chi connectivity index (χ0v) is 13.7. The summed E-state index contributed by atoms with van der Waals surface area (Å²) in [6, 6.07) is 0. The molecule has 0 fully saturated rings. The molecule has 116 valence electrons. The fourth-order valence-electron chi connectivity index (χ4n) is 1.71. The lowest BCUT2D eigenvalue weighted by molar-refractivity contribution is -0.925. The van der Waals surface area contributed by atoms with Gasteiger partial charge in [-0.25, -0.2) is 0 Å². The molecule has 0 radical (unpaired) electrons. The Hall–Kier alpha value is -0.0300. The smallest absolute Gasteiger partial charge is 0.327 e. The molecule has 0 amide bonds. The van der Waals surface area contributed by atoms with Crippen molar-refractivity contribution in [1.29, 1.82) is 0 Å². The zero-order valence-electron chi connectivity index (χ0n) is 12.8. The summed E-state index contributed by atoms with van der Waals surface area (Å²) in [5, 5.41) is 0. The zero-order chi connectivity index (χ0) is 15.1. The van der Waals surface area contributed by atoms with E-state index in [1.54, 1.807) is 6.08 Å². The highest BCUT2D eigenvalue weighted by molar-refractivity contribution is 7.39. The van der Waals surface area contributed by atoms with Gasteiger partial charge in [0.25, 0.3) is 0 Å². The van der Waals surface area contributed by atoms with E-state index in [0.717, 1.165) is 30.7 Å². The molecule has 0 heterocycles. The second-order valence-corrected chi connectivity index (χ2v) is 4.63. The van der Waals surface area contributed by atoms with Gasteiger partial charge in [-0.05, 0) is 13.8 Å². The number of nitrogens with zero attached hydrogens (tertiary/aromatic N) is 1. The second-order valence-electron chi connectivity index (χ2n) is 3.87. The van der Waals surface area contributed by atoms with Crippen LogP contribution in [-0.4, -0.2) is 60.3 Å². The fourth-order valence-corrected chi connectivity index (χ4v) is 1.95. The average Bonchev–Trinajstić information content (AvgIpc) is 2.43. The van der Waals surface area contributed by atoms with Gasteiger partial charge < -0.3 is 23.5 Å². The Morgan fingerprint density at radius 2 is 1.63 bits per heavy atom. The standard InChI is InChI=1S/C11H25NO4P.C2H6/c1-4-9-15-10-7-12(5-2,6-3)8-11-16-17(13)14;1-2/h4,13-14H,1,5-11H2,2-3H3;1-2H3/q+1;. The maximum absolute atomic E-state index is 8.70. The number of quaternary nitrogens is 1. The van der Waals surface area contributed by atoms with Gasteiger partial charge in [0.1, 0.15) is 19.7 Å². The van der Waals surface area contributed by atoms with Gasteiger partial charge in [0.05, 0.1) is 26.3 Å². The Balaban J connectivity index is 0. The first-order chi connectivity index (χ1) is 9.10. The minimum Gasteiger partial charge on any atom is -0.372 e. The van der Waals surface area contributed by atoms with Gasteiger partial charge in [-0.3, -0.25) is 0 Å². The van der Waals surface area contributed by atoms with E-state index in [1.165, 1.54) is 0 Å². The molecule has 0 aromatic rings. The summed E-state index contributed by atoms with van der Waals surface area (Å²) < 4.78 is 11.1. The van der Waals surface area contributed by atoms with Gasteiger partial charge in [0, 0.05) is 0 Å². The molecular formula is C13H31NO4P+. The lowest BCUT2D eigenvalue weighted by Crippen LogP contribution is -2.51. The molecule has 0 aromatic carbocycles. The highest BCUT2D eigenvalue weighted by Gasteiger charge is 2.23. The van der Waals surface area contributed by atoms with Crippen LogP contribution in [0.3, 0.4) is 0 Å². The first-order valence-electron chi connectivity index (χ1n) is 6.94. The van der Waals surface area contributed by atoms with Crippen LogP contribution >= 0.6 is 8.60 Å². The van der Waals surface area contributed by atoms with E-state index in [0.29, 0.717) is 19.8 Å². The summed E-state index contributed by atoms with van der Waals surface area (Å²) in [6.45, 7) is 17.1. The SMILES string of the molecule is C=CCOCC[N+](CC)(CC)CCOP(O)O.CC. The second kappa shape index (κ2) is 14.4. The molecule has 19 heavy (non-hydrogen) atoms. The number of ether oxygens (including phenoxy) is 1. The van der Waals surface area contributed by atoms with Crippen molar-refractivity contribution in [3.05, 3.63) is 12.7 Å². The highest BCUT2D eigenvalue weighted by Crippen LogP contribution is 2.24. The molecule has 0 aliphatic carbocycles. The molecule has 0 unspecified atom stereocenters. The maximum Gasteiger partial charge on any atom is 0.327 e. The molecule has 0 aliphatic rings. The molecule has 0 atom stereocenters. The average molecular weight is 296 g/mol. The lowest BCUT2D eigenvalue weighted by Gasteiger charge is -2.36. The summed E-state index contributed by atoms with van der Waals surface area (Å²) in [7, 11) is -2.24. The van der Waals surface area contributed by atoms with Crippen LogP contribution in [0.15, 0.2) is 12.7 Å². The third-order valence-electron chi connectivity index (χ3n) is 3.06. The van der Waals surface area contributed by atoms with Crippen LogP contribution in [0, 0.1) is 0 Å². The van der Waals surface area contributed by atoms with E-state index >= 15 is 0 Å². The fraction of sp³-hybridized carbons (Fsp3) is 0.846. The first kappa shape index (κ1) is 21.3. The van der Waals surface area contributed by atoms with Crippen LogP contribution in [0.5, 0.6) is 0 Å². The van der Waals surface area contributed by atoms with Gasteiger partial charge in [-0.2, -0.15) is 0 Å². The highest BCUT2D eigenvalue weighted by atomic mass is 31.2. The van der Waals surface area contributed by atoms with Crippen molar-refractivity contribution in [2.75, 3.05) is 46.0 Å². The van der Waals surface area contributed by atoms with E-state index in [-0.39, 0.29) is 0 Å². The van der Waals surface area contributed by atoms with Crippen molar-refractivity contribution >= 4 is 8.60 Å². The molecule has 0 bridgehead atoms. The molecule has 0 spiro atoms. The predicted molar refractivity (Wildman–Crippen MR) is 80.8 cm³/mol. The normalized spacial score (nSPS) is 11.1. The Kier molecular flexibility index (Phi) is 16.1. The summed E-state index contributed by atoms with van der Waals surface area (Å²) in [4.78, 5) is 17.4. The first-order valence-corrected chi connectivity index (χ1v) is 8.11. The van der Waals surface area contributed by atoms with Gasteiger partial charge in [0.15, 0.2) is 0 Å². The van der Waals surface area contributed by atoms with E-state index in [4.69, 9.17) is 19.0 Å². The Morgan fingerprint density at radius 3 is 2.05 bits per heavy atom. The molecule has 2 N–H and O–H groups in total. The van der Waals surface area contributed by atoms with Crippen molar-refractivity contribution in [2.45, 2.75) is 27.7 Å². The van der Waals surface area contributed by atoms with Crippen molar-refractivity contribution < 1.29 is 23.5 Å². The maximum atomic E-state index is 8.70. The van der Waals surface area contributed by atoms with E-state index in [1.807, 2.05) is 13.8 Å². The molecule has 0 aromatic heterocycles. The third-order valence-corrected chi connectivity index (χ3v) is 3.47. The number of hydrogen-bond acceptors (Lipinski definition) is 4. The largest absolute Gasteiger partial charge is 0.372 e. The topological polar surface area (TPSA) is 58.9 Å². The van der Waals surface area contributed by atoms with Crippen molar-refractivity contribution in [2.24, 2.45) is 0 Å². The van der Waals surface area contributed by atoms with E-state index < -0.39 is 8.60 Å². The monoisotopic (exact) mass is 296 g/mol. The summed E-state index contributed by atoms with van der Waals surface area (Å²) in [5.41, 5.74) is 0. The number of likely N-dealkylation sites (N-methyl/N-ethyl adjacent to an activating group) is 1. The molecular weight excluding hydrogens is 265 g/mol. The minimum absolute atomic E-state index is 0.363. The molecule has 0 rings (SSSR count). The van der Waals surface area contributed by atoms with E-state index in [9.17, 15) is 0 Å². The van der Waals surface area contributed by atoms with E-state index in [2.05, 4.69) is 20.4 Å². The van der Waals surface area contributed by atoms with Crippen LogP contribution in [-0.2, 0) is 9.26 Å². The quantitative estimate of drug-likeness (QED) is 0.266. The Bertz CT molecular complexity index is 199. The van der Waals surface area contributed by atoms with Crippen molar-refractivity contribution in [3.8, 4) is 0 Å². The van der Waals surface area contributed by atoms with Gasteiger partial charge in [-0.1, -0.05) is 19.9 Å². The summed E-state index contributed by atoms with van der Waals surface area (Å²) in [5.74, 6) is 0. The predicted octanol–water partition coefficient (Wildman–Crippen LogP) is 2.30. The van der Waals surface area contributed by atoms with Crippen molar-refractivity contribution in [1.82, 2.24) is 0 Å². The van der Waals surface area contributed by atoms with Gasteiger partial charge >= 0.3 is 8.60 Å². The van der Waals surface area contributed by atoms with Crippen molar-refractivity contribution in [3.63, 3.8) is 0 Å². The lowest BCUT2D eigenvalue weighted by atomic mass is 10.3. The van der Waals surface area contributed by atoms with Crippen LogP contribution in [0.1, 0.15) is 27.7 Å². The Labute approximate surface area is 119 Å². The van der Waals surface area contributed by atoms with Crippen LogP contribution in [0.25, 0.3) is 0 Å².